The highest BCUT2D eigenvalue weighted by Gasteiger charge is 2.46. The van der Waals surface area contributed by atoms with Gasteiger partial charge < -0.3 is 9.62 Å². The van der Waals surface area contributed by atoms with Crippen molar-refractivity contribution in [1.82, 2.24) is 9.62 Å². The van der Waals surface area contributed by atoms with E-state index in [1.807, 2.05) is 0 Å². The molecular weight excluding hydrogens is 410 g/mol. The lowest BCUT2D eigenvalue weighted by atomic mass is 9.08. The van der Waals surface area contributed by atoms with Gasteiger partial charge in [-0.25, -0.2) is 0 Å². The van der Waals surface area contributed by atoms with Crippen LogP contribution < -0.4 is 0 Å². The molecule has 0 heterocycles. The van der Waals surface area contributed by atoms with E-state index in [9.17, 15) is 0 Å². The molecule has 0 atom stereocenters. The molecule has 0 spiro atoms. The molecule has 0 saturated heterocycles. The van der Waals surface area contributed by atoms with Gasteiger partial charge in [0, 0.05) is 7.17 Å². The highest BCUT2D eigenvalue weighted by atomic mass is 15.2. The third-order valence-corrected chi connectivity index (χ3v) is 8.75. The van der Waals surface area contributed by atoms with E-state index in [4.69, 9.17) is 0 Å². The van der Waals surface area contributed by atoms with Crippen molar-refractivity contribution in [1.29, 1.82) is 0 Å². The van der Waals surface area contributed by atoms with Gasteiger partial charge in [-0.15, -0.1) is 0 Å². The van der Waals surface area contributed by atoms with Gasteiger partial charge in [0.25, 0.3) is 0 Å². The van der Waals surface area contributed by atoms with Crippen molar-refractivity contribution in [2.24, 2.45) is 0 Å². The molecule has 0 fully saturated rings. The fourth-order valence-electron chi connectivity index (χ4n) is 7.25. The third kappa shape index (κ3) is 2.92. The van der Waals surface area contributed by atoms with E-state index in [2.05, 4.69) is 135 Å². The molecule has 6 rings (SSSR count). The standard InChI is InChI=1S/C30H31B2N2/c1-33(2)32(34(3)4,30-27-19-11-7-15-23(27)24-16-8-12-20-28(24)30)31-29-25-17-9-5-13-21(25)22-14-6-10-18-26(22)29/h5-20,29-31H,1-4H3/q-1. The van der Waals surface area contributed by atoms with Crippen molar-refractivity contribution in [2.45, 2.75) is 11.6 Å². The Kier molecular flexibility index (Phi) is 5.05. The monoisotopic (exact) mass is 441 g/mol. The highest BCUT2D eigenvalue weighted by molar-refractivity contribution is 7.23. The maximum absolute atomic E-state index is 2.53. The molecule has 0 aliphatic heterocycles. The van der Waals surface area contributed by atoms with Crippen LogP contribution in [0.4, 0.5) is 0 Å². The van der Waals surface area contributed by atoms with E-state index in [1.54, 1.807) is 0 Å². The van der Waals surface area contributed by atoms with Crippen LogP contribution in [0.1, 0.15) is 33.9 Å². The number of fused-ring (bicyclic) bond motifs is 6. The molecule has 0 saturated carbocycles. The van der Waals surface area contributed by atoms with Crippen LogP contribution in [0.5, 0.6) is 0 Å². The molecule has 0 unspecified atom stereocenters. The molecule has 0 aromatic heterocycles. The van der Waals surface area contributed by atoms with Gasteiger partial charge in [0.2, 0.25) is 0 Å². The second kappa shape index (κ2) is 8.01. The molecule has 2 aliphatic carbocycles. The topological polar surface area (TPSA) is 6.48 Å². The van der Waals surface area contributed by atoms with Crippen molar-refractivity contribution < 1.29 is 0 Å². The Hall–Kier alpha value is -3.07. The molecule has 0 bridgehead atoms. The lowest BCUT2D eigenvalue weighted by Gasteiger charge is -2.58. The Morgan fingerprint density at radius 2 is 0.824 bits per heavy atom. The van der Waals surface area contributed by atoms with Crippen molar-refractivity contribution in [3.05, 3.63) is 119 Å². The van der Waals surface area contributed by atoms with Gasteiger partial charge in [-0.2, -0.15) is 0 Å². The Morgan fingerprint density at radius 3 is 1.21 bits per heavy atom. The SMILES string of the molecule is CN(C)[B-](BC1c2ccccc2-c2ccccc21)(C1c2ccccc2-c2ccccc21)N(C)C. The smallest absolute Gasteiger partial charge is 0.108 e. The maximum Gasteiger partial charge on any atom is 0.108 e. The minimum Gasteiger partial charge on any atom is -0.471 e. The Morgan fingerprint density at radius 1 is 0.500 bits per heavy atom. The van der Waals surface area contributed by atoms with Crippen molar-refractivity contribution >= 4 is 13.5 Å². The normalized spacial score (nSPS) is 14.8. The quantitative estimate of drug-likeness (QED) is 0.372. The van der Waals surface area contributed by atoms with Crippen LogP contribution in [-0.2, 0) is 0 Å². The predicted octanol–water partition coefficient (Wildman–Crippen LogP) is 5.61. The predicted molar refractivity (Wildman–Crippen MR) is 148 cm³/mol. The van der Waals surface area contributed by atoms with E-state index in [0.29, 0.717) is 11.6 Å². The van der Waals surface area contributed by atoms with E-state index in [-0.39, 0.29) is 0 Å². The summed E-state index contributed by atoms with van der Waals surface area (Å²) in [5.74, 6) is 0.689. The zero-order chi connectivity index (χ0) is 23.4. The van der Waals surface area contributed by atoms with Gasteiger partial charge in [-0.3, -0.25) is 0 Å². The maximum atomic E-state index is 2.53. The third-order valence-electron chi connectivity index (χ3n) is 8.75. The first kappa shape index (κ1) is 21.5. The summed E-state index contributed by atoms with van der Waals surface area (Å²) in [5, 5.41) is 0. The van der Waals surface area contributed by atoms with Crippen molar-refractivity contribution in [3.63, 3.8) is 0 Å². The summed E-state index contributed by atoms with van der Waals surface area (Å²) in [6.07, 6.45) is -1.13. The summed E-state index contributed by atoms with van der Waals surface area (Å²) >= 11 is 0. The second-order valence-corrected chi connectivity index (χ2v) is 10.6. The van der Waals surface area contributed by atoms with E-state index in [1.165, 1.54) is 44.5 Å². The van der Waals surface area contributed by atoms with Gasteiger partial charge in [0.15, 0.2) is 0 Å². The van der Waals surface area contributed by atoms with Crippen LogP contribution in [0.25, 0.3) is 22.3 Å². The summed E-state index contributed by atoms with van der Waals surface area (Å²) in [5.41, 5.74) is 11.5. The summed E-state index contributed by atoms with van der Waals surface area (Å²) < 4.78 is 0. The molecule has 4 aromatic rings. The number of rotatable bonds is 5. The lowest BCUT2D eigenvalue weighted by molar-refractivity contribution is 0.490. The van der Waals surface area contributed by atoms with Crippen molar-refractivity contribution in [2.75, 3.05) is 28.2 Å². The first-order valence-electron chi connectivity index (χ1n) is 12.4. The molecule has 0 amide bonds. The zero-order valence-electron chi connectivity index (χ0n) is 20.6. The molecule has 168 valence electrons. The number of benzene rings is 4. The first-order chi connectivity index (χ1) is 16.5. The van der Waals surface area contributed by atoms with Crippen LogP contribution in [0.2, 0.25) is 0 Å². The van der Waals surface area contributed by atoms with Crippen LogP contribution >= 0.6 is 0 Å². The molecule has 2 nitrogen and oxygen atoms in total. The number of hydrogen-bond acceptors (Lipinski definition) is 2. The first-order valence-corrected chi connectivity index (χ1v) is 12.4. The Balaban J connectivity index is 1.57. The van der Waals surface area contributed by atoms with Crippen LogP contribution in [0.3, 0.4) is 0 Å². The zero-order valence-corrected chi connectivity index (χ0v) is 20.6. The Labute approximate surface area is 204 Å². The fourth-order valence-corrected chi connectivity index (χ4v) is 7.25. The minimum absolute atomic E-state index is 0.317. The number of hydrogen-bond donors (Lipinski definition) is 0. The van der Waals surface area contributed by atoms with Gasteiger partial charge >= 0.3 is 0 Å². The second-order valence-electron chi connectivity index (χ2n) is 10.6. The van der Waals surface area contributed by atoms with Crippen molar-refractivity contribution in [3.8, 4) is 22.3 Å². The van der Waals surface area contributed by atoms with E-state index >= 15 is 0 Å². The van der Waals surface area contributed by atoms with E-state index in [0.717, 1.165) is 7.17 Å². The Bertz CT molecular complexity index is 1280. The summed E-state index contributed by atoms with van der Waals surface area (Å²) in [7, 11) is 10.2. The highest BCUT2D eigenvalue weighted by Crippen LogP contribution is 2.52. The van der Waals surface area contributed by atoms with Crippen LogP contribution in [0.15, 0.2) is 97.1 Å². The molecule has 4 aromatic carbocycles. The van der Waals surface area contributed by atoms with Gasteiger partial charge in [0.1, 0.15) is 6.31 Å². The van der Waals surface area contributed by atoms with Crippen LogP contribution in [0, 0.1) is 0 Å². The summed E-state index contributed by atoms with van der Waals surface area (Å²) in [4.78, 5) is 5.07. The number of nitrogens with zero attached hydrogens (tertiary/aromatic N) is 2. The fraction of sp³-hybridized carbons (Fsp3) is 0.200. The molecular formula is C30H31B2N2-. The lowest BCUT2D eigenvalue weighted by Crippen LogP contribution is -2.70. The minimum atomic E-state index is -1.13. The molecule has 0 radical (unpaired) electrons. The molecule has 2 aliphatic rings. The average Bonchev–Trinajstić information content (AvgIpc) is 3.36. The largest absolute Gasteiger partial charge is 0.471 e. The summed E-state index contributed by atoms with van der Waals surface area (Å²) in [6.45, 7) is 0. The molecule has 0 N–H and O–H groups in total. The van der Waals surface area contributed by atoms with Gasteiger partial charge in [-0.05, 0) is 39.2 Å². The van der Waals surface area contributed by atoms with Crippen LogP contribution in [-0.4, -0.2) is 51.3 Å². The molecule has 4 heteroatoms. The van der Waals surface area contributed by atoms with Gasteiger partial charge in [-0.1, -0.05) is 142 Å². The average molecular weight is 441 g/mol. The van der Waals surface area contributed by atoms with Gasteiger partial charge in [0.05, 0.1) is 0 Å². The summed E-state index contributed by atoms with van der Waals surface area (Å²) in [6, 6.07) is 36.2. The van der Waals surface area contributed by atoms with E-state index < -0.39 is 6.31 Å². The molecule has 34 heavy (non-hydrogen) atoms.